The van der Waals surface area contributed by atoms with Gasteiger partial charge in [0, 0.05) is 67.3 Å². The summed E-state index contributed by atoms with van der Waals surface area (Å²) in [5, 5.41) is 13.6. The van der Waals surface area contributed by atoms with Crippen molar-refractivity contribution in [3.05, 3.63) is 60.9 Å². The van der Waals surface area contributed by atoms with Crippen molar-refractivity contribution in [3.8, 4) is 0 Å². The molecule has 1 aromatic carbocycles. The van der Waals surface area contributed by atoms with Gasteiger partial charge < -0.3 is 10.0 Å². The van der Waals surface area contributed by atoms with E-state index in [1.807, 2.05) is 24.3 Å². The molecule has 0 radical (unpaired) electrons. The van der Waals surface area contributed by atoms with E-state index in [9.17, 15) is 14.4 Å². The SMILES string of the molecule is O=C(O)CCn1c(=O)n(CCN2CCN(c3cccc(Cl)c3)CC2)c(=O)c2cscc21. The van der Waals surface area contributed by atoms with Gasteiger partial charge in [-0.25, -0.2) is 4.79 Å². The van der Waals surface area contributed by atoms with Gasteiger partial charge in [-0.05, 0) is 18.2 Å². The number of carboxylic acid groups (broad SMARTS) is 1. The van der Waals surface area contributed by atoms with Crippen LogP contribution in [-0.2, 0) is 17.9 Å². The summed E-state index contributed by atoms with van der Waals surface area (Å²) in [6.45, 7) is 4.19. The lowest BCUT2D eigenvalue weighted by atomic mass is 10.2. The number of fused-ring (bicyclic) bond motifs is 1. The second kappa shape index (κ2) is 9.25. The van der Waals surface area contributed by atoms with E-state index < -0.39 is 11.7 Å². The number of halogens is 1. The fourth-order valence-electron chi connectivity index (χ4n) is 3.91. The average Bonchev–Trinajstić information content (AvgIpc) is 3.24. The smallest absolute Gasteiger partial charge is 0.331 e. The predicted molar refractivity (Wildman–Crippen MR) is 123 cm³/mol. The second-order valence-electron chi connectivity index (χ2n) is 7.51. The van der Waals surface area contributed by atoms with Crippen LogP contribution in [0, 0.1) is 0 Å². The Morgan fingerprint density at radius 2 is 1.81 bits per heavy atom. The van der Waals surface area contributed by atoms with Gasteiger partial charge in [0.15, 0.2) is 0 Å². The van der Waals surface area contributed by atoms with E-state index >= 15 is 0 Å². The Morgan fingerprint density at radius 3 is 2.52 bits per heavy atom. The molecule has 0 saturated carbocycles. The largest absolute Gasteiger partial charge is 0.481 e. The van der Waals surface area contributed by atoms with Crippen LogP contribution in [0.1, 0.15) is 6.42 Å². The van der Waals surface area contributed by atoms with Crippen LogP contribution in [0.4, 0.5) is 5.69 Å². The van der Waals surface area contributed by atoms with E-state index in [1.54, 1.807) is 10.8 Å². The van der Waals surface area contributed by atoms with Gasteiger partial charge in [0.05, 0.1) is 17.3 Å². The maximum absolute atomic E-state index is 13.0. The van der Waals surface area contributed by atoms with Crippen LogP contribution in [0.3, 0.4) is 0 Å². The molecule has 3 aromatic rings. The summed E-state index contributed by atoms with van der Waals surface area (Å²) in [4.78, 5) is 41.3. The molecule has 164 valence electrons. The zero-order valence-corrected chi connectivity index (χ0v) is 18.4. The van der Waals surface area contributed by atoms with Gasteiger partial charge in [0.2, 0.25) is 0 Å². The first-order valence-electron chi connectivity index (χ1n) is 10.1. The molecule has 1 fully saturated rings. The lowest BCUT2D eigenvalue weighted by Gasteiger charge is -2.36. The predicted octanol–water partition coefficient (Wildman–Crippen LogP) is 2.18. The third-order valence-electron chi connectivity index (χ3n) is 5.60. The first-order chi connectivity index (χ1) is 14.9. The molecule has 1 aliphatic rings. The van der Waals surface area contributed by atoms with E-state index in [0.717, 1.165) is 31.9 Å². The first kappa shape index (κ1) is 21.6. The minimum atomic E-state index is -0.981. The number of benzene rings is 1. The Labute approximate surface area is 187 Å². The van der Waals surface area contributed by atoms with Gasteiger partial charge >= 0.3 is 11.7 Å². The lowest BCUT2D eigenvalue weighted by Crippen LogP contribution is -2.49. The van der Waals surface area contributed by atoms with Crippen molar-refractivity contribution in [2.75, 3.05) is 37.6 Å². The van der Waals surface area contributed by atoms with Gasteiger partial charge in [-0.15, -0.1) is 11.3 Å². The van der Waals surface area contributed by atoms with E-state index in [1.165, 1.54) is 20.5 Å². The molecule has 10 heteroatoms. The number of thiophene rings is 1. The maximum atomic E-state index is 13.0. The number of aromatic nitrogens is 2. The van der Waals surface area contributed by atoms with Crippen molar-refractivity contribution in [1.29, 1.82) is 0 Å². The zero-order chi connectivity index (χ0) is 22.0. The lowest BCUT2D eigenvalue weighted by molar-refractivity contribution is -0.137. The topological polar surface area (TPSA) is 87.8 Å². The summed E-state index contributed by atoms with van der Waals surface area (Å²) in [5.41, 5.74) is 0.834. The van der Waals surface area contributed by atoms with E-state index in [0.29, 0.717) is 22.5 Å². The molecule has 1 saturated heterocycles. The minimum absolute atomic E-state index is 0.0417. The van der Waals surface area contributed by atoms with Crippen molar-refractivity contribution in [3.63, 3.8) is 0 Å². The van der Waals surface area contributed by atoms with E-state index in [4.69, 9.17) is 16.7 Å². The highest BCUT2D eigenvalue weighted by Gasteiger charge is 2.19. The van der Waals surface area contributed by atoms with Crippen LogP contribution in [0.5, 0.6) is 0 Å². The monoisotopic (exact) mass is 462 g/mol. The number of aliphatic carboxylic acids is 1. The summed E-state index contributed by atoms with van der Waals surface area (Å²) in [5.74, 6) is -0.981. The summed E-state index contributed by atoms with van der Waals surface area (Å²) in [6, 6.07) is 7.78. The fraction of sp³-hybridized carbons (Fsp3) is 0.381. The molecule has 3 heterocycles. The van der Waals surface area contributed by atoms with Gasteiger partial charge in [-0.3, -0.25) is 23.6 Å². The Kier molecular flexibility index (Phi) is 6.45. The number of aryl methyl sites for hydroxylation is 1. The fourth-order valence-corrected chi connectivity index (χ4v) is 4.90. The van der Waals surface area contributed by atoms with Gasteiger partial charge in [0.25, 0.3) is 5.56 Å². The second-order valence-corrected chi connectivity index (χ2v) is 8.69. The maximum Gasteiger partial charge on any atom is 0.331 e. The highest BCUT2D eigenvalue weighted by atomic mass is 35.5. The third-order valence-corrected chi connectivity index (χ3v) is 6.57. The number of anilines is 1. The normalized spacial score (nSPS) is 14.9. The van der Waals surface area contributed by atoms with Gasteiger partial charge in [0.1, 0.15) is 0 Å². The van der Waals surface area contributed by atoms with Crippen LogP contribution in [0.2, 0.25) is 5.02 Å². The summed E-state index contributed by atoms with van der Waals surface area (Å²) in [7, 11) is 0. The molecule has 2 aromatic heterocycles. The molecule has 0 atom stereocenters. The molecule has 0 spiro atoms. The zero-order valence-electron chi connectivity index (χ0n) is 16.9. The van der Waals surface area contributed by atoms with E-state index in [2.05, 4.69) is 9.80 Å². The quantitative estimate of drug-likeness (QED) is 0.579. The molecular formula is C21H23ClN4O4S. The summed E-state index contributed by atoms with van der Waals surface area (Å²) in [6.07, 6.45) is -0.172. The Bertz CT molecular complexity index is 1210. The van der Waals surface area contributed by atoms with Crippen molar-refractivity contribution < 1.29 is 9.90 Å². The van der Waals surface area contributed by atoms with Crippen LogP contribution in [0.25, 0.3) is 10.9 Å². The molecule has 0 aliphatic carbocycles. The molecule has 0 amide bonds. The summed E-state index contributed by atoms with van der Waals surface area (Å²) < 4.78 is 2.64. The molecule has 0 bridgehead atoms. The molecule has 8 nitrogen and oxygen atoms in total. The number of nitrogens with zero attached hydrogens (tertiary/aromatic N) is 4. The van der Waals surface area contributed by atoms with E-state index in [-0.39, 0.29) is 25.1 Å². The van der Waals surface area contributed by atoms with Gasteiger partial charge in [-0.1, -0.05) is 17.7 Å². The van der Waals surface area contributed by atoms with Crippen LogP contribution < -0.4 is 16.1 Å². The number of carbonyl (C=O) groups is 1. The first-order valence-corrected chi connectivity index (χ1v) is 11.4. The highest BCUT2D eigenvalue weighted by molar-refractivity contribution is 7.09. The van der Waals surface area contributed by atoms with Crippen LogP contribution in [0.15, 0.2) is 44.6 Å². The third kappa shape index (κ3) is 4.68. The van der Waals surface area contributed by atoms with Crippen molar-refractivity contribution >= 4 is 45.5 Å². The molecular weight excluding hydrogens is 440 g/mol. The van der Waals surface area contributed by atoms with Crippen molar-refractivity contribution in [2.24, 2.45) is 0 Å². The number of rotatable bonds is 7. The summed E-state index contributed by atoms with van der Waals surface area (Å²) >= 11 is 7.43. The van der Waals surface area contributed by atoms with Crippen molar-refractivity contribution in [1.82, 2.24) is 14.0 Å². The Balaban J connectivity index is 1.46. The molecule has 0 unspecified atom stereocenters. The van der Waals surface area contributed by atoms with Gasteiger partial charge in [-0.2, -0.15) is 0 Å². The number of hydrogen-bond acceptors (Lipinski definition) is 6. The standard InChI is InChI=1S/C21H23ClN4O4S/c22-15-2-1-3-16(12-15)24-9-6-23(7-10-24)8-11-26-20(29)17-13-31-14-18(17)25(21(26)30)5-4-19(27)28/h1-3,12-14H,4-11H2,(H,27,28). The minimum Gasteiger partial charge on any atom is -0.481 e. The van der Waals surface area contributed by atoms with Crippen molar-refractivity contribution in [2.45, 2.75) is 19.5 Å². The van der Waals surface area contributed by atoms with Crippen LogP contribution >= 0.6 is 22.9 Å². The molecule has 1 N–H and O–H groups in total. The highest BCUT2D eigenvalue weighted by Crippen LogP contribution is 2.20. The Morgan fingerprint density at radius 1 is 1.03 bits per heavy atom. The molecule has 31 heavy (non-hydrogen) atoms. The molecule has 1 aliphatic heterocycles. The Hall–Kier alpha value is -2.62. The number of piperazine rings is 1. The molecule has 4 rings (SSSR count). The van der Waals surface area contributed by atoms with Crippen LogP contribution in [-0.4, -0.2) is 57.8 Å². The number of hydrogen-bond donors (Lipinski definition) is 1. The average molecular weight is 463 g/mol. The number of carboxylic acids is 1.